The van der Waals surface area contributed by atoms with Crippen molar-refractivity contribution in [3.8, 4) is 0 Å². The minimum Gasteiger partial charge on any atom is -0.390 e. The van der Waals surface area contributed by atoms with Crippen LogP contribution in [-0.4, -0.2) is 46.6 Å². The number of fused-ring (bicyclic) bond motifs is 2. The lowest BCUT2D eigenvalue weighted by Gasteiger charge is -2.30. The van der Waals surface area contributed by atoms with E-state index in [9.17, 15) is 9.90 Å². The van der Waals surface area contributed by atoms with E-state index in [0.717, 1.165) is 30.4 Å². The highest BCUT2D eigenvalue weighted by atomic mass is 16.3. The number of β-amino-alcohol motifs (C(OH)–C–C–N with tert-alkyl or cyclic N) is 1. The number of nitrogens with zero attached hydrogens (tertiary/aromatic N) is 1. The summed E-state index contributed by atoms with van der Waals surface area (Å²) in [6, 6.07) is 15.9. The Kier molecular flexibility index (Phi) is 4.73. The highest BCUT2D eigenvalue weighted by Gasteiger charge is 2.19. The maximum atomic E-state index is 12.3. The van der Waals surface area contributed by atoms with Crippen molar-refractivity contribution in [3.05, 3.63) is 71.4 Å². The van der Waals surface area contributed by atoms with E-state index in [1.54, 1.807) is 6.07 Å². The Balaban J connectivity index is 1.30. The first-order chi connectivity index (χ1) is 12.7. The van der Waals surface area contributed by atoms with E-state index in [0.29, 0.717) is 12.1 Å². The first kappa shape index (κ1) is 16.8. The van der Waals surface area contributed by atoms with Gasteiger partial charge >= 0.3 is 0 Å². The molecule has 134 valence electrons. The van der Waals surface area contributed by atoms with Gasteiger partial charge in [-0.15, -0.1) is 0 Å². The molecule has 0 fully saturated rings. The van der Waals surface area contributed by atoms with Crippen LogP contribution in [0.25, 0.3) is 10.9 Å². The molecule has 5 heteroatoms. The summed E-state index contributed by atoms with van der Waals surface area (Å²) in [6.45, 7) is 2.60. The maximum Gasteiger partial charge on any atom is 0.251 e. The standard InChI is InChI=1S/C21H23N3O2/c25-19(14-24-10-8-15-3-1-2-4-18(15)13-24)12-23-21(26)17-5-6-20-16(11-17)7-9-22-20/h1-7,9,11,19,22,25H,8,10,12-14H2,(H,23,26)/t19-/m0/s1. The lowest BCUT2D eigenvalue weighted by Crippen LogP contribution is -2.42. The number of rotatable bonds is 5. The number of hydrogen-bond acceptors (Lipinski definition) is 3. The first-order valence-corrected chi connectivity index (χ1v) is 9.01. The normalized spacial score (nSPS) is 15.6. The zero-order valence-electron chi connectivity index (χ0n) is 14.6. The number of hydrogen-bond donors (Lipinski definition) is 3. The third kappa shape index (κ3) is 3.64. The fraction of sp³-hybridized carbons (Fsp3) is 0.286. The number of nitrogens with one attached hydrogen (secondary N) is 2. The number of aliphatic hydroxyl groups excluding tert-OH is 1. The minimum absolute atomic E-state index is 0.156. The molecular weight excluding hydrogens is 326 g/mol. The monoisotopic (exact) mass is 349 g/mol. The van der Waals surface area contributed by atoms with Crippen molar-refractivity contribution >= 4 is 16.8 Å². The predicted molar refractivity (Wildman–Crippen MR) is 102 cm³/mol. The molecule has 0 saturated carbocycles. The second kappa shape index (κ2) is 7.32. The number of carbonyl (C=O) groups excluding carboxylic acids is 1. The van der Waals surface area contributed by atoms with Gasteiger partial charge in [0.05, 0.1) is 6.10 Å². The summed E-state index contributed by atoms with van der Waals surface area (Å²) < 4.78 is 0. The van der Waals surface area contributed by atoms with Crippen molar-refractivity contribution in [2.24, 2.45) is 0 Å². The van der Waals surface area contributed by atoms with Crippen LogP contribution in [-0.2, 0) is 13.0 Å². The molecule has 1 aliphatic rings. The molecule has 26 heavy (non-hydrogen) atoms. The lowest BCUT2D eigenvalue weighted by molar-refractivity contribution is 0.0842. The van der Waals surface area contributed by atoms with E-state index in [4.69, 9.17) is 0 Å². The second-order valence-electron chi connectivity index (χ2n) is 6.90. The minimum atomic E-state index is -0.583. The molecule has 1 aromatic heterocycles. The lowest BCUT2D eigenvalue weighted by atomic mass is 10.00. The van der Waals surface area contributed by atoms with Crippen LogP contribution < -0.4 is 5.32 Å². The summed E-state index contributed by atoms with van der Waals surface area (Å²) in [6.07, 6.45) is 2.28. The highest BCUT2D eigenvalue weighted by molar-refractivity contribution is 5.98. The van der Waals surface area contributed by atoms with Gasteiger partial charge in [-0.1, -0.05) is 24.3 Å². The molecular formula is C21H23N3O2. The largest absolute Gasteiger partial charge is 0.390 e. The Labute approximate surface area is 152 Å². The molecule has 0 radical (unpaired) electrons. The molecule has 3 aromatic rings. The van der Waals surface area contributed by atoms with Crippen molar-refractivity contribution in [2.45, 2.75) is 19.1 Å². The molecule has 5 nitrogen and oxygen atoms in total. The van der Waals surface area contributed by atoms with Gasteiger partial charge in [-0.2, -0.15) is 0 Å². The summed E-state index contributed by atoms with van der Waals surface area (Å²) >= 11 is 0. The Morgan fingerprint density at radius 3 is 2.92 bits per heavy atom. The smallest absolute Gasteiger partial charge is 0.251 e. The summed E-state index contributed by atoms with van der Waals surface area (Å²) in [5.74, 6) is -0.156. The fourth-order valence-electron chi connectivity index (χ4n) is 3.58. The van der Waals surface area contributed by atoms with Crippen LogP contribution in [0, 0.1) is 0 Å². The summed E-state index contributed by atoms with van der Waals surface area (Å²) in [5, 5.41) is 14.2. The zero-order chi connectivity index (χ0) is 17.9. The number of benzene rings is 2. The molecule has 1 amide bonds. The van der Waals surface area contributed by atoms with Crippen molar-refractivity contribution in [1.82, 2.24) is 15.2 Å². The van der Waals surface area contributed by atoms with Gasteiger partial charge in [0.15, 0.2) is 0 Å². The number of aliphatic hydroxyl groups is 1. The van der Waals surface area contributed by atoms with E-state index in [1.165, 1.54) is 11.1 Å². The molecule has 0 saturated heterocycles. The molecule has 0 bridgehead atoms. The van der Waals surface area contributed by atoms with Gasteiger partial charge in [-0.25, -0.2) is 0 Å². The number of carbonyl (C=O) groups is 1. The van der Waals surface area contributed by atoms with Crippen LogP contribution in [0.5, 0.6) is 0 Å². The maximum absolute atomic E-state index is 12.3. The van der Waals surface area contributed by atoms with Crippen LogP contribution in [0.1, 0.15) is 21.5 Å². The molecule has 1 aliphatic heterocycles. The average Bonchev–Trinajstić information content (AvgIpc) is 3.14. The molecule has 3 N–H and O–H groups in total. The van der Waals surface area contributed by atoms with Crippen molar-refractivity contribution < 1.29 is 9.90 Å². The number of aromatic amines is 1. The van der Waals surface area contributed by atoms with E-state index < -0.39 is 6.10 Å². The van der Waals surface area contributed by atoms with Crippen LogP contribution in [0.15, 0.2) is 54.7 Å². The van der Waals surface area contributed by atoms with Crippen LogP contribution >= 0.6 is 0 Å². The third-order valence-electron chi connectivity index (χ3n) is 4.99. The van der Waals surface area contributed by atoms with Gasteiger partial charge in [0.25, 0.3) is 5.91 Å². The van der Waals surface area contributed by atoms with Crippen LogP contribution in [0.2, 0.25) is 0 Å². The predicted octanol–water partition coefficient (Wildman–Crippen LogP) is 2.32. The van der Waals surface area contributed by atoms with Gasteiger partial charge in [-0.05, 0) is 41.8 Å². The molecule has 0 unspecified atom stereocenters. The van der Waals surface area contributed by atoms with Crippen LogP contribution in [0.3, 0.4) is 0 Å². The van der Waals surface area contributed by atoms with Gasteiger partial charge in [0.1, 0.15) is 0 Å². The molecule has 2 aromatic carbocycles. The Hall–Kier alpha value is -2.63. The molecule has 2 heterocycles. The zero-order valence-corrected chi connectivity index (χ0v) is 14.6. The number of H-pyrrole nitrogens is 1. The fourth-order valence-corrected chi connectivity index (χ4v) is 3.58. The van der Waals surface area contributed by atoms with Gasteiger partial charge in [-0.3, -0.25) is 9.69 Å². The van der Waals surface area contributed by atoms with E-state index >= 15 is 0 Å². The number of amides is 1. The quantitative estimate of drug-likeness (QED) is 0.662. The molecule has 0 aliphatic carbocycles. The topological polar surface area (TPSA) is 68.4 Å². The number of aromatic nitrogens is 1. The molecule has 1 atom stereocenters. The average molecular weight is 349 g/mol. The van der Waals surface area contributed by atoms with Crippen molar-refractivity contribution in [1.29, 1.82) is 0 Å². The first-order valence-electron chi connectivity index (χ1n) is 9.01. The molecule has 4 rings (SSSR count). The SMILES string of the molecule is O=C(NC[C@H](O)CN1CCc2ccccc2C1)c1ccc2[nH]ccc2c1. The van der Waals surface area contributed by atoms with Gasteiger partial charge < -0.3 is 15.4 Å². The van der Waals surface area contributed by atoms with E-state index in [1.807, 2.05) is 24.4 Å². The van der Waals surface area contributed by atoms with E-state index in [-0.39, 0.29) is 12.5 Å². The second-order valence-corrected chi connectivity index (χ2v) is 6.90. The summed E-state index contributed by atoms with van der Waals surface area (Å²) in [7, 11) is 0. The third-order valence-corrected chi connectivity index (χ3v) is 4.99. The van der Waals surface area contributed by atoms with E-state index in [2.05, 4.69) is 39.5 Å². The summed E-state index contributed by atoms with van der Waals surface area (Å²) in [5.41, 5.74) is 4.34. The highest BCUT2D eigenvalue weighted by Crippen LogP contribution is 2.18. The van der Waals surface area contributed by atoms with Crippen LogP contribution in [0.4, 0.5) is 0 Å². The molecule has 0 spiro atoms. The summed E-state index contributed by atoms with van der Waals surface area (Å²) in [4.78, 5) is 17.7. The van der Waals surface area contributed by atoms with Crippen molar-refractivity contribution in [3.63, 3.8) is 0 Å². The van der Waals surface area contributed by atoms with Crippen molar-refractivity contribution in [2.75, 3.05) is 19.6 Å². The Morgan fingerprint density at radius 2 is 2.04 bits per heavy atom. The van der Waals surface area contributed by atoms with Gasteiger partial charge in [0, 0.05) is 48.8 Å². The Morgan fingerprint density at radius 1 is 1.19 bits per heavy atom. The van der Waals surface area contributed by atoms with Gasteiger partial charge in [0.2, 0.25) is 0 Å². The Bertz CT molecular complexity index is 918.